The van der Waals surface area contributed by atoms with E-state index in [1.165, 1.54) is 12.1 Å². The Kier molecular flexibility index (Phi) is 4.86. The van der Waals surface area contributed by atoms with Gasteiger partial charge in [0.2, 0.25) is 21.8 Å². The van der Waals surface area contributed by atoms with Gasteiger partial charge in [0.05, 0.1) is 17.9 Å². The first kappa shape index (κ1) is 16.9. The van der Waals surface area contributed by atoms with Gasteiger partial charge in [-0.05, 0) is 36.6 Å². The van der Waals surface area contributed by atoms with Gasteiger partial charge in [-0.1, -0.05) is 12.8 Å². The maximum absolute atomic E-state index is 12.4. The van der Waals surface area contributed by atoms with Gasteiger partial charge in [0.25, 0.3) is 0 Å². The Morgan fingerprint density at radius 2 is 1.88 bits per heavy atom. The maximum atomic E-state index is 12.4. The minimum absolute atomic E-state index is 0.0708. The number of fused-ring (bicyclic) bond motifs is 1. The molecule has 0 aromatic heterocycles. The number of carbonyl (C=O) groups is 2. The van der Waals surface area contributed by atoms with E-state index in [1.54, 1.807) is 11.0 Å². The summed E-state index contributed by atoms with van der Waals surface area (Å²) in [6, 6.07) is 4.49. The van der Waals surface area contributed by atoms with Gasteiger partial charge in [-0.25, -0.2) is 13.1 Å². The molecule has 1 aromatic rings. The number of anilines is 1. The molecule has 0 atom stereocenters. The molecule has 1 fully saturated rings. The van der Waals surface area contributed by atoms with Crippen molar-refractivity contribution < 1.29 is 18.0 Å². The fourth-order valence-electron chi connectivity index (χ4n) is 3.04. The highest BCUT2D eigenvalue weighted by Gasteiger charge is 2.23. The second-order valence-electron chi connectivity index (χ2n) is 6.16. The highest BCUT2D eigenvalue weighted by atomic mass is 32.2. The summed E-state index contributed by atoms with van der Waals surface area (Å²) in [6.45, 7) is 1.14. The van der Waals surface area contributed by atoms with Crippen LogP contribution < -0.4 is 10.0 Å². The number of carbonyl (C=O) groups excluding carboxylic acids is 2. The predicted octanol–water partition coefficient (Wildman–Crippen LogP) is 0.862. The highest BCUT2D eigenvalue weighted by Crippen LogP contribution is 2.25. The van der Waals surface area contributed by atoms with E-state index in [9.17, 15) is 18.0 Å². The third-order valence-electron chi connectivity index (χ3n) is 4.38. The molecule has 2 N–H and O–H groups in total. The molecular formula is C16H21N3O4S. The zero-order valence-corrected chi connectivity index (χ0v) is 14.2. The molecule has 0 spiro atoms. The van der Waals surface area contributed by atoms with Crippen LogP contribution in [0.25, 0.3) is 0 Å². The Balaban J connectivity index is 1.65. The van der Waals surface area contributed by atoms with E-state index in [2.05, 4.69) is 10.0 Å². The largest absolute Gasteiger partial charge is 0.342 e. The van der Waals surface area contributed by atoms with Crippen molar-refractivity contribution in [1.29, 1.82) is 0 Å². The molecule has 2 aliphatic rings. The third-order valence-corrected chi connectivity index (χ3v) is 5.78. The van der Waals surface area contributed by atoms with Crippen LogP contribution in [0, 0.1) is 0 Å². The van der Waals surface area contributed by atoms with Gasteiger partial charge >= 0.3 is 0 Å². The molecule has 1 aromatic carbocycles. The molecule has 0 radical (unpaired) electrons. The molecule has 1 saturated heterocycles. The van der Waals surface area contributed by atoms with Crippen molar-refractivity contribution in [2.24, 2.45) is 0 Å². The number of likely N-dealkylation sites (tertiary alicyclic amines) is 1. The van der Waals surface area contributed by atoms with E-state index in [0.717, 1.165) is 25.7 Å². The lowest BCUT2D eigenvalue weighted by Crippen LogP contribution is -2.40. The molecule has 130 valence electrons. The summed E-state index contributed by atoms with van der Waals surface area (Å²) < 4.78 is 27.1. The number of amides is 2. The van der Waals surface area contributed by atoms with Gasteiger partial charge in [0.15, 0.2) is 0 Å². The molecule has 3 rings (SSSR count). The average Bonchev–Trinajstić information content (AvgIpc) is 2.74. The lowest BCUT2D eigenvalue weighted by molar-refractivity contribution is -0.129. The van der Waals surface area contributed by atoms with Crippen molar-refractivity contribution in [2.75, 3.05) is 25.0 Å². The topological polar surface area (TPSA) is 95.6 Å². The van der Waals surface area contributed by atoms with Crippen LogP contribution in [0.1, 0.15) is 31.2 Å². The Labute approximate surface area is 141 Å². The number of sulfonamides is 1. The molecule has 2 amide bonds. The van der Waals surface area contributed by atoms with Crippen LogP contribution >= 0.6 is 0 Å². The van der Waals surface area contributed by atoms with Crippen molar-refractivity contribution in [3.05, 3.63) is 23.8 Å². The zero-order valence-electron chi connectivity index (χ0n) is 13.4. The van der Waals surface area contributed by atoms with Crippen LogP contribution in [0.15, 0.2) is 23.1 Å². The zero-order chi connectivity index (χ0) is 17.2. The Bertz CT molecular complexity index is 753. The fraction of sp³-hybridized carbons (Fsp3) is 0.500. The van der Waals surface area contributed by atoms with Crippen LogP contribution in [-0.4, -0.2) is 44.8 Å². The van der Waals surface area contributed by atoms with Crippen molar-refractivity contribution in [1.82, 2.24) is 9.62 Å². The van der Waals surface area contributed by atoms with Crippen LogP contribution in [0.2, 0.25) is 0 Å². The summed E-state index contributed by atoms with van der Waals surface area (Å²) in [7, 11) is -3.78. The van der Waals surface area contributed by atoms with Crippen LogP contribution in [0.5, 0.6) is 0 Å². The van der Waals surface area contributed by atoms with Crippen molar-refractivity contribution in [2.45, 2.75) is 37.0 Å². The summed E-state index contributed by atoms with van der Waals surface area (Å²) in [5.74, 6) is -0.345. The molecule has 0 aliphatic carbocycles. The molecule has 0 unspecified atom stereocenters. The number of nitrogens with one attached hydrogen (secondary N) is 2. The Hall–Kier alpha value is -1.93. The Morgan fingerprint density at radius 1 is 1.17 bits per heavy atom. The van der Waals surface area contributed by atoms with E-state index in [-0.39, 0.29) is 29.7 Å². The summed E-state index contributed by atoms with van der Waals surface area (Å²) in [5, 5.41) is 2.66. The van der Waals surface area contributed by atoms with E-state index in [4.69, 9.17) is 0 Å². The maximum Gasteiger partial charge on any atom is 0.241 e. The van der Waals surface area contributed by atoms with Gasteiger partial charge in [-0.3, -0.25) is 9.59 Å². The van der Waals surface area contributed by atoms with Crippen LogP contribution in [-0.2, 0) is 26.0 Å². The second-order valence-corrected chi connectivity index (χ2v) is 7.93. The highest BCUT2D eigenvalue weighted by molar-refractivity contribution is 7.89. The standard InChI is InChI=1S/C16H21N3O4S/c20-15-10-12-9-13(5-6-14(12)18-15)24(22,23)17-11-16(21)19-7-3-1-2-4-8-19/h5-6,9,17H,1-4,7-8,10-11H2,(H,18,20). The molecule has 0 saturated carbocycles. The lowest BCUT2D eigenvalue weighted by atomic mass is 10.2. The Morgan fingerprint density at radius 3 is 2.58 bits per heavy atom. The summed E-state index contributed by atoms with van der Waals surface area (Å²) in [4.78, 5) is 25.3. The molecule has 0 bridgehead atoms. The number of hydrogen-bond acceptors (Lipinski definition) is 4. The van der Waals surface area contributed by atoms with Gasteiger partial charge in [0.1, 0.15) is 0 Å². The monoisotopic (exact) mass is 351 g/mol. The van der Waals surface area contributed by atoms with Crippen LogP contribution in [0.3, 0.4) is 0 Å². The molecule has 8 heteroatoms. The SMILES string of the molecule is O=C1Cc2cc(S(=O)(=O)NCC(=O)N3CCCCCC3)ccc2N1. The fourth-order valence-corrected chi connectivity index (χ4v) is 4.07. The van der Waals surface area contributed by atoms with E-state index >= 15 is 0 Å². The molecular weight excluding hydrogens is 330 g/mol. The van der Waals surface area contributed by atoms with Crippen molar-refractivity contribution in [3.8, 4) is 0 Å². The average molecular weight is 351 g/mol. The number of benzene rings is 1. The quantitative estimate of drug-likeness (QED) is 0.841. The number of nitrogens with zero attached hydrogens (tertiary/aromatic N) is 1. The lowest BCUT2D eigenvalue weighted by Gasteiger charge is -2.20. The van der Waals surface area contributed by atoms with Gasteiger partial charge < -0.3 is 10.2 Å². The first-order valence-corrected chi connectivity index (χ1v) is 9.64. The molecule has 2 aliphatic heterocycles. The van der Waals surface area contributed by atoms with E-state index in [1.807, 2.05) is 0 Å². The summed E-state index contributed by atoms with van der Waals surface area (Å²) in [5.41, 5.74) is 1.29. The van der Waals surface area contributed by atoms with Gasteiger partial charge in [0, 0.05) is 18.8 Å². The van der Waals surface area contributed by atoms with Crippen molar-refractivity contribution >= 4 is 27.5 Å². The van der Waals surface area contributed by atoms with Crippen LogP contribution in [0.4, 0.5) is 5.69 Å². The minimum atomic E-state index is -3.78. The third kappa shape index (κ3) is 3.76. The molecule has 7 nitrogen and oxygen atoms in total. The first-order chi connectivity index (χ1) is 11.5. The molecule has 2 heterocycles. The normalized spacial score (nSPS) is 18.0. The smallest absolute Gasteiger partial charge is 0.241 e. The predicted molar refractivity (Wildman–Crippen MR) is 89.0 cm³/mol. The van der Waals surface area contributed by atoms with Crippen molar-refractivity contribution in [3.63, 3.8) is 0 Å². The number of rotatable bonds is 4. The summed E-state index contributed by atoms with van der Waals surface area (Å²) >= 11 is 0. The van der Waals surface area contributed by atoms with E-state index < -0.39 is 10.0 Å². The summed E-state index contributed by atoms with van der Waals surface area (Å²) in [6.07, 6.45) is 4.31. The number of hydrogen-bond donors (Lipinski definition) is 2. The second kappa shape index (κ2) is 6.90. The van der Waals surface area contributed by atoms with Gasteiger partial charge in [-0.2, -0.15) is 0 Å². The minimum Gasteiger partial charge on any atom is -0.342 e. The molecule has 24 heavy (non-hydrogen) atoms. The van der Waals surface area contributed by atoms with E-state index in [0.29, 0.717) is 24.3 Å². The first-order valence-electron chi connectivity index (χ1n) is 8.16. The van der Waals surface area contributed by atoms with Gasteiger partial charge in [-0.15, -0.1) is 0 Å².